The van der Waals surface area contributed by atoms with Crippen molar-refractivity contribution in [2.24, 2.45) is 0 Å². The lowest BCUT2D eigenvalue weighted by Gasteiger charge is -2.25. The van der Waals surface area contributed by atoms with Crippen molar-refractivity contribution in [1.29, 1.82) is 0 Å². The summed E-state index contributed by atoms with van der Waals surface area (Å²) in [5.74, 6) is -5.79. The zero-order chi connectivity index (χ0) is 51.2. The first-order valence-corrected chi connectivity index (χ1v) is 22.3. The lowest BCUT2D eigenvalue weighted by molar-refractivity contribution is -0.147. The number of rotatable bonds is 20. The predicted molar refractivity (Wildman–Crippen MR) is 254 cm³/mol. The molecule has 0 fully saturated rings. The number of benzene rings is 4. The first-order valence-electron chi connectivity index (χ1n) is 22.3. The van der Waals surface area contributed by atoms with Gasteiger partial charge < -0.3 is 61.1 Å². The van der Waals surface area contributed by atoms with E-state index in [-0.39, 0.29) is 61.9 Å². The number of alkyl carbamates (subject to hydrolysis) is 2. The first kappa shape index (κ1) is 52.8. The fourth-order valence-corrected chi connectivity index (χ4v) is 6.92. The predicted octanol–water partition coefficient (Wildman–Crippen LogP) is 4.98. The largest absolute Gasteiger partial charge is 0.507 e. The summed E-state index contributed by atoms with van der Waals surface area (Å²) in [5, 5.41) is 37.6. The Balaban J connectivity index is 1.27. The van der Waals surface area contributed by atoms with Crippen LogP contribution < -0.4 is 31.9 Å². The molecule has 4 aromatic carbocycles. The Labute approximate surface area is 404 Å². The molecular formula is C50H58N6O14. The number of hydrogen-bond donors (Lipinski definition) is 8. The topological polar surface area (TPSA) is 286 Å². The van der Waals surface area contributed by atoms with Gasteiger partial charge in [-0.3, -0.25) is 28.8 Å². The Morgan fingerprint density at radius 3 is 1.20 bits per heavy atom. The van der Waals surface area contributed by atoms with Gasteiger partial charge in [0.2, 0.25) is 23.4 Å². The third kappa shape index (κ3) is 15.4. The molecule has 0 radical (unpaired) electrons. The summed E-state index contributed by atoms with van der Waals surface area (Å²) in [4.78, 5) is 106. The summed E-state index contributed by atoms with van der Waals surface area (Å²) in [6.07, 6.45) is -2.95. The van der Waals surface area contributed by atoms with Gasteiger partial charge in [0, 0.05) is 37.6 Å². The number of phenolic OH excluding ortho intramolecular Hbond substituents is 2. The van der Waals surface area contributed by atoms with Gasteiger partial charge in [0.25, 0.3) is 0 Å². The fraction of sp³-hybridized carbons (Fsp3) is 0.360. The van der Waals surface area contributed by atoms with Crippen LogP contribution in [0.1, 0.15) is 97.4 Å². The van der Waals surface area contributed by atoms with E-state index in [4.69, 9.17) is 18.9 Å². The molecule has 1 aliphatic rings. The third-order valence-corrected chi connectivity index (χ3v) is 10.00. The van der Waals surface area contributed by atoms with E-state index in [1.165, 1.54) is 12.1 Å². The van der Waals surface area contributed by atoms with Crippen LogP contribution in [0.3, 0.4) is 0 Å². The summed E-state index contributed by atoms with van der Waals surface area (Å²) in [6.45, 7) is 9.28. The van der Waals surface area contributed by atoms with Crippen molar-refractivity contribution in [3.05, 3.63) is 118 Å². The number of hydrogen-bond acceptors (Lipinski definition) is 16. The highest BCUT2D eigenvalue weighted by Gasteiger charge is 2.38. The second-order valence-electron chi connectivity index (χ2n) is 18.0. The second kappa shape index (κ2) is 23.7. The van der Waals surface area contributed by atoms with Gasteiger partial charge in [-0.1, -0.05) is 60.7 Å². The highest BCUT2D eigenvalue weighted by atomic mass is 16.6. The number of ketones is 2. The lowest BCUT2D eigenvalue weighted by atomic mass is 9.81. The van der Waals surface area contributed by atoms with Crippen molar-refractivity contribution in [2.45, 2.75) is 90.9 Å². The second-order valence-corrected chi connectivity index (χ2v) is 18.0. The molecule has 2 atom stereocenters. The van der Waals surface area contributed by atoms with E-state index < -0.39 is 106 Å². The number of ether oxygens (including phenoxy) is 4. The van der Waals surface area contributed by atoms with Gasteiger partial charge in [-0.15, -0.1) is 0 Å². The molecule has 20 heteroatoms. The smallest absolute Gasteiger partial charge is 0.408 e. The van der Waals surface area contributed by atoms with E-state index in [0.717, 1.165) is 12.1 Å². The molecule has 0 spiro atoms. The van der Waals surface area contributed by atoms with Crippen molar-refractivity contribution >= 4 is 58.9 Å². The molecule has 0 saturated carbocycles. The Kier molecular flexibility index (Phi) is 17.9. The maximum atomic E-state index is 14.2. The van der Waals surface area contributed by atoms with Crippen LogP contribution in [0.5, 0.6) is 11.5 Å². The fourth-order valence-electron chi connectivity index (χ4n) is 6.92. The minimum absolute atomic E-state index is 0.0618. The van der Waals surface area contributed by atoms with E-state index in [2.05, 4.69) is 31.9 Å². The zero-order valence-electron chi connectivity index (χ0n) is 39.7. The highest BCUT2D eigenvalue weighted by molar-refractivity contribution is 6.33. The summed E-state index contributed by atoms with van der Waals surface area (Å²) in [7, 11) is 0. The molecule has 4 amide bonds. The SMILES string of the molecule is CC(C)(C)OC(=O)N[C@@H](CC(=O)OCc1ccccc1)C(=O)NCCNc1ccc(NCCNC(=O)[C@H](CC(=O)OCc2ccccc2)NC(=O)OC(C)(C)C)c2c1C(=O)c1c(O)ccc(O)c1C2=O. The Bertz CT molecular complexity index is 2400. The number of carbonyl (C=O) groups is 8. The van der Waals surface area contributed by atoms with Gasteiger partial charge in [0.15, 0.2) is 0 Å². The van der Waals surface area contributed by atoms with Gasteiger partial charge in [-0.25, -0.2) is 9.59 Å². The van der Waals surface area contributed by atoms with E-state index in [1.54, 1.807) is 102 Å². The summed E-state index contributed by atoms with van der Waals surface area (Å²) >= 11 is 0. The van der Waals surface area contributed by atoms with Gasteiger partial charge in [0.05, 0.1) is 35.1 Å². The van der Waals surface area contributed by atoms with Crippen molar-refractivity contribution < 1.29 is 67.5 Å². The third-order valence-electron chi connectivity index (χ3n) is 10.00. The van der Waals surface area contributed by atoms with Crippen LogP contribution in [0.4, 0.5) is 21.0 Å². The van der Waals surface area contributed by atoms with Crippen molar-refractivity contribution in [3.8, 4) is 11.5 Å². The number of phenols is 2. The van der Waals surface area contributed by atoms with Crippen LogP contribution in [0.25, 0.3) is 0 Å². The minimum Gasteiger partial charge on any atom is -0.507 e. The molecule has 0 bridgehead atoms. The molecule has 372 valence electrons. The summed E-state index contributed by atoms with van der Waals surface area (Å²) in [5.41, 5.74) is -1.40. The van der Waals surface area contributed by atoms with E-state index in [9.17, 15) is 48.6 Å². The number of anilines is 2. The van der Waals surface area contributed by atoms with Crippen molar-refractivity contribution in [2.75, 3.05) is 36.8 Å². The maximum absolute atomic E-state index is 14.2. The standard InChI is InChI=1S/C50H58N6O14/c1-49(2,3)69-47(65)55-33(25-37(59)67-27-29-13-9-7-10-14-29)45(63)53-23-21-51-31-17-18-32(40-39(31)43(61)41-35(57)19-20-36(58)42(41)44(40)62)52-22-24-54-46(64)34(56-48(66)70-50(4,5)6)26-38(60)68-28-30-15-11-8-12-16-30/h7-20,33-34,51-52,57-58H,21-28H2,1-6H3,(H,53,63)(H,54,64)(H,55,65)(H,56,66)/t33-,34-/m0/s1. The van der Waals surface area contributed by atoms with E-state index in [1.807, 2.05) is 0 Å². The Morgan fingerprint density at radius 2 is 0.857 bits per heavy atom. The average molecular weight is 967 g/mol. The number of amides is 4. The Hall–Kier alpha value is -8.16. The number of nitrogens with one attached hydrogen (secondary N) is 6. The van der Waals surface area contributed by atoms with Gasteiger partial charge in [-0.05, 0) is 76.9 Å². The molecule has 0 heterocycles. The minimum atomic E-state index is -1.40. The molecule has 70 heavy (non-hydrogen) atoms. The zero-order valence-corrected chi connectivity index (χ0v) is 39.7. The molecule has 8 N–H and O–H groups in total. The number of aromatic hydroxyl groups is 2. The average Bonchev–Trinajstić information content (AvgIpc) is 3.29. The summed E-state index contributed by atoms with van der Waals surface area (Å²) in [6, 6.07) is 20.0. The van der Waals surface area contributed by atoms with Gasteiger partial charge >= 0.3 is 24.1 Å². The van der Waals surface area contributed by atoms with Crippen LogP contribution >= 0.6 is 0 Å². The summed E-state index contributed by atoms with van der Waals surface area (Å²) < 4.78 is 21.3. The van der Waals surface area contributed by atoms with Crippen LogP contribution in [0.15, 0.2) is 84.9 Å². The first-order chi connectivity index (χ1) is 33.1. The molecule has 0 saturated heterocycles. The molecule has 0 aromatic heterocycles. The lowest BCUT2D eigenvalue weighted by Crippen LogP contribution is -2.50. The van der Waals surface area contributed by atoms with Crippen LogP contribution in [0.2, 0.25) is 0 Å². The highest BCUT2D eigenvalue weighted by Crippen LogP contribution is 2.42. The number of esters is 2. The molecule has 1 aliphatic carbocycles. The molecular weight excluding hydrogens is 909 g/mol. The molecule has 4 aromatic rings. The quantitative estimate of drug-likeness (QED) is 0.0221. The normalized spacial score (nSPS) is 12.7. The molecule has 0 unspecified atom stereocenters. The van der Waals surface area contributed by atoms with Crippen LogP contribution in [-0.2, 0) is 51.3 Å². The van der Waals surface area contributed by atoms with Crippen molar-refractivity contribution in [1.82, 2.24) is 21.3 Å². The van der Waals surface area contributed by atoms with Crippen LogP contribution in [0, 0.1) is 0 Å². The van der Waals surface area contributed by atoms with E-state index >= 15 is 0 Å². The number of fused-ring (bicyclic) bond motifs is 2. The number of carbonyl (C=O) groups excluding carboxylic acids is 8. The van der Waals surface area contributed by atoms with Crippen LogP contribution in [-0.4, -0.2) is 107 Å². The Morgan fingerprint density at radius 1 is 0.500 bits per heavy atom. The van der Waals surface area contributed by atoms with Crippen molar-refractivity contribution in [3.63, 3.8) is 0 Å². The molecule has 0 aliphatic heterocycles. The van der Waals surface area contributed by atoms with Gasteiger partial charge in [0.1, 0.15) is 48.0 Å². The maximum Gasteiger partial charge on any atom is 0.408 e. The van der Waals surface area contributed by atoms with Gasteiger partial charge in [-0.2, -0.15) is 0 Å². The van der Waals surface area contributed by atoms with E-state index in [0.29, 0.717) is 11.1 Å². The molecule has 20 nitrogen and oxygen atoms in total. The monoisotopic (exact) mass is 966 g/mol. The molecule has 5 rings (SSSR count).